The van der Waals surface area contributed by atoms with E-state index in [1.54, 1.807) is 6.07 Å². The molecule has 1 aromatic carbocycles. The van der Waals surface area contributed by atoms with E-state index in [1.807, 2.05) is 6.07 Å². The Labute approximate surface area is 117 Å². The minimum Gasteiger partial charge on any atom is -0.366 e. The zero-order valence-corrected chi connectivity index (χ0v) is 11.5. The Morgan fingerprint density at radius 3 is 2.95 bits per heavy atom. The molecule has 0 radical (unpaired) electrons. The highest BCUT2D eigenvalue weighted by Crippen LogP contribution is 2.38. The van der Waals surface area contributed by atoms with Crippen LogP contribution in [0, 0.1) is 0 Å². The van der Waals surface area contributed by atoms with Crippen LogP contribution in [0.3, 0.4) is 0 Å². The zero-order chi connectivity index (χ0) is 13.6. The van der Waals surface area contributed by atoms with Crippen molar-refractivity contribution in [2.24, 2.45) is 5.73 Å². The second kappa shape index (κ2) is 4.54. The highest BCUT2D eigenvalue weighted by atomic mass is 35.5. The Morgan fingerprint density at radius 1 is 1.47 bits per heavy atom. The van der Waals surface area contributed by atoms with Gasteiger partial charge in [-0.3, -0.25) is 4.79 Å². The van der Waals surface area contributed by atoms with Crippen LogP contribution >= 0.6 is 11.6 Å². The Bertz CT molecular complexity index is 582. The van der Waals surface area contributed by atoms with Gasteiger partial charge < -0.3 is 16.0 Å². The van der Waals surface area contributed by atoms with Gasteiger partial charge in [0.15, 0.2) is 0 Å². The largest absolute Gasteiger partial charge is 0.366 e. The van der Waals surface area contributed by atoms with E-state index >= 15 is 0 Å². The molecule has 1 aromatic rings. The minimum absolute atomic E-state index is 0.169. The number of nitrogens with zero attached hydrogens (tertiary/aromatic N) is 1. The van der Waals surface area contributed by atoms with Gasteiger partial charge in [0.25, 0.3) is 0 Å². The first-order chi connectivity index (χ1) is 9.06. The summed E-state index contributed by atoms with van der Waals surface area (Å²) in [5.41, 5.74) is 9.74. The fraction of sp³-hybridized carbons (Fsp3) is 0.357. The van der Waals surface area contributed by atoms with E-state index in [9.17, 15) is 4.79 Å². The number of carbonyl (C=O) groups excluding carboxylic acids is 1. The van der Waals surface area contributed by atoms with Crippen molar-refractivity contribution in [2.75, 3.05) is 23.3 Å². The molecule has 0 aromatic heterocycles. The van der Waals surface area contributed by atoms with Gasteiger partial charge in [0.05, 0.1) is 10.7 Å². The lowest BCUT2D eigenvalue weighted by molar-refractivity contribution is -0.116. The summed E-state index contributed by atoms with van der Waals surface area (Å²) in [6.07, 6.45) is 3.25. The molecule has 3 rings (SSSR count). The van der Waals surface area contributed by atoms with Crippen LogP contribution in [0.1, 0.15) is 24.9 Å². The Hall–Kier alpha value is -1.52. The minimum atomic E-state index is -0.606. The van der Waals surface area contributed by atoms with Gasteiger partial charge in [0.2, 0.25) is 5.91 Å². The summed E-state index contributed by atoms with van der Waals surface area (Å²) in [4.78, 5) is 13.8. The van der Waals surface area contributed by atoms with Gasteiger partial charge in [-0.2, -0.15) is 0 Å². The number of halogens is 1. The molecule has 100 valence electrons. The molecule has 2 heterocycles. The van der Waals surface area contributed by atoms with Crippen LogP contribution in [-0.2, 0) is 4.79 Å². The molecule has 0 bridgehead atoms. The maximum atomic E-state index is 11.6. The smallest absolute Gasteiger partial charge is 0.245 e. The maximum Gasteiger partial charge on any atom is 0.245 e. The monoisotopic (exact) mass is 277 g/mol. The number of rotatable bonds is 1. The van der Waals surface area contributed by atoms with Crippen LogP contribution in [0.15, 0.2) is 23.8 Å². The summed E-state index contributed by atoms with van der Waals surface area (Å²) in [7, 11) is 0. The molecule has 1 amide bonds. The topological polar surface area (TPSA) is 58.4 Å². The molecule has 0 spiro atoms. The van der Waals surface area contributed by atoms with Gasteiger partial charge in [-0.25, -0.2) is 0 Å². The number of carbonyl (C=O) groups is 1. The fourth-order valence-electron chi connectivity index (χ4n) is 2.53. The second-order valence-corrected chi connectivity index (χ2v) is 5.51. The third kappa shape index (κ3) is 2.11. The van der Waals surface area contributed by atoms with E-state index in [0.29, 0.717) is 5.02 Å². The summed E-state index contributed by atoms with van der Waals surface area (Å²) in [6, 6.07) is 3.13. The van der Waals surface area contributed by atoms with Crippen molar-refractivity contribution in [3.8, 4) is 0 Å². The summed E-state index contributed by atoms with van der Waals surface area (Å²) >= 11 is 6.33. The molecule has 0 saturated carbocycles. The predicted molar refractivity (Wildman–Crippen MR) is 77.6 cm³/mol. The van der Waals surface area contributed by atoms with Crippen molar-refractivity contribution in [1.29, 1.82) is 0 Å². The Balaban J connectivity index is 1.97. The molecule has 5 heteroatoms. The van der Waals surface area contributed by atoms with Crippen LogP contribution < -0.4 is 16.0 Å². The van der Waals surface area contributed by atoms with Crippen molar-refractivity contribution in [2.45, 2.75) is 19.4 Å². The lowest BCUT2D eigenvalue weighted by Crippen LogP contribution is -2.28. The van der Waals surface area contributed by atoms with Gasteiger partial charge in [0.1, 0.15) is 6.04 Å². The van der Waals surface area contributed by atoms with E-state index in [4.69, 9.17) is 17.3 Å². The first-order valence-corrected chi connectivity index (χ1v) is 6.74. The number of hydrogen-bond donors (Lipinski definition) is 2. The summed E-state index contributed by atoms with van der Waals surface area (Å²) < 4.78 is 0. The molecule has 3 N–H and O–H groups in total. The lowest BCUT2D eigenvalue weighted by atomic mass is 10.1. The van der Waals surface area contributed by atoms with Gasteiger partial charge >= 0.3 is 0 Å². The second-order valence-electron chi connectivity index (χ2n) is 5.10. The molecule has 0 saturated heterocycles. The number of nitrogens with one attached hydrogen (secondary N) is 1. The number of nitrogens with two attached hydrogens (primary N) is 1. The van der Waals surface area contributed by atoms with Crippen molar-refractivity contribution >= 4 is 28.9 Å². The SMILES string of the molecule is CC1=CCN(c2cc3c(cc2Cl)C(N)C(=O)N3)CC1. The number of amides is 1. The summed E-state index contributed by atoms with van der Waals surface area (Å²) in [6.45, 7) is 3.94. The molecule has 1 atom stereocenters. The van der Waals surface area contributed by atoms with E-state index < -0.39 is 6.04 Å². The first-order valence-electron chi connectivity index (χ1n) is 6.37. The van der Waals surface area contributed by atoms with Crippen LogP contribution in [0.5, 0.6) is 0 Å². The quantitative estimate of drug-likeness (QED) is 0.775. The van der Waals surface area contributed by atoms with Gasteiger partial charge in [-0.1, -0.05) is 23.3 Å². The molecular weight excluding hydrogens is 262 g/mol. The van der Waals surface area contributed by atoms with E-state index in [2.05, 4.69) is 23.2 Å². The van der Waals surface area contributed by atoms with Crippen molar-refractivity contribution < 1.29 is 4.79 Å². The third-order valence-electron chi connectivity index (χ3n) is 3.77. The molecule has 0 fully saturated rings. The van der Waals surface area contributed by atoms with Crippen LogP contribution in [-0.4, -0.2) is 19.0 Å². The number of hydrogen-bond acceptors (Lipinski definition) is 3. The van der Waals surface area contributed by atoms with Crippen LogP contribution in [0.4, 0.5) is 11.4 Å². The van der Waals surface area contributed by atoms with Crippen LogP contribution in [0.2, 0.25) is 5.02 Å². The van der Waals surface area contributed by atoms with Crippen molar-refractivity contribution in [3.05, 3.63) is 34.4 Å². The normalized spacial score (nSPS) is 22.1. The lowest BCUT2D eigenvalue weighted by Gasteiger charge is -2.28. The Kier molecular flexibility index (Phi) is 2.99. The Morgan fingerprint density at radius 2 is 2.26 bits per heavy atom. The number of anilines is 2. The average molecular weight is 278 g/mol. The molecule has 4 nitrogen and oxygen atoms in total. The first kappa shape index (κ1) is 12.5. The van der Waals surface area contributed by atoms with E-state index in [1.165, 1.54) is 5.57 Å². The maximum absolute atomic E-state index is 11.6. The van der Waals surface area contributed by atoms with Crippen molar-refractivity contribution in [1.82, 2.24) is 0 Å². The molecule has 1 unspecified atom stereocenters. The third-order valence-corrected chi connectivity index (χ3v) is 4.07. The summed E-state index contributed by atoms with van der Waals surface area (Å²) in [5, 5.41) is 3.45. The highest BCUT2D eigenvalue weighted by molar-refractivity contribution is 6.33. The number of fused-ring (bicyclic) bond motifs is 1. The molecule has 0 aliphatic carbocycles. The average Bonchev–Trinajstić information content (AvgIpc) is 2.66. The van der Waals surface area contributed by atoms with Crippen LogP contribution in [0.25, 0.3) is 0 Å². The van der Waals surface area contributed by atoms with Gasteiger partial charge in [-0.15, -0.1) is 0 Å². The summed E-state index contributed by atoms with van der Waals surface area (Å²) in [5.74, 6) is -0.169. The predicted octanol–water partition coefficient (Wildman–Crippen LogP) is 2.45. The van der Waals surface area contributed by atoms with E-state index in [-0.39, 0.29) is 5.91 Å². The standard InChI is InChI=1S/C14H16ClN3O/c1-8-2-4-18(5-3-8)12-7-11-9(6-10(12)15)13(16)14(19)17-11/h2,6-7,13H,3-5,16H2,1H3,(H,17,19). The molecule has 2 aliphatic rings. The molecule has 2 aliphatic heterocycles. The zero-order valence-electron chi connectivity index (χ0n) is 10.7. The van der Waals surface area contributed by atoms with E-state index in [0.717, 1.165) is 36.4 Å². The van der Waals surface area contributed by atoms with Crippen molar-refractivity contribution in [3.63, 3.8) is 0 Å². The number of benzene rings is 1. The molecule has 19 heavy (non-hydrogen) atoms. The van der Waals surface area contributed by atoms with Gasteiger partial charge in [0, 0.05) is 24.3 Å². The fourth-order valence-corrected chi connectivity index (χ4v) is 2.82. The molecular formula is C14H16ClN3O. The van der Waals surface area contributed by atoms with Gasteiger partial charge in [-0.05, 0) is 25.5 Å². The highest BCUT2D eigenvalue weighted by Gasteiger charge is 2.29.